The Kier molecular flexibility index (Phi) is 5.10. The molecule has 0 spiro atoms. The molecular formula is C12H16N4S2. The molecule has 0 saturated heterocycles. The standard InChI is InChI=1S/C12H16N4S2/c1-3-10(13-4-2)11-6-5-9(7-14-11)17-12-15-8-16-18-12/h5-8,10,13H,3-4H2,1-2H3. The molecule has 96 valence electrons. The summed E-state index contributed by atoms with van der Waals surface area (Å²) in [5.41, 5.74) is 1.10. The Labute approximate surface area is 115 Å². The van der Waals surface area contributed by atoms with Gasteiger partial charge in [0.25, 0.3) is 0 Å². The van der Waals surface area contributed by atoms with Crippen LogP contribution in [-0.4, -0.2) is 20.9 Å². The maximum Gasteiger partial charge on any atom is 0.174 e. The first-order valence-electron chi connectivity index (χ1n) is 5.97. The third-order valence-electron chi connectivity index (χ3n) is 2.52. The highest BCUT2D eigenvalue weighted by Gasteiger charge is 2.09. The first-order valence-corrected chi connectivity index (χ1v) is 7.56. The lowest BCUT2D eigenvalue weighted by Gasteiger charge is -2.15. The van der Waals surface area contributed by atoms with Gasteiger partial charge in [-0.15, -0.1) is 0 Å². The second-order valence-electron chi connectivity index (χ2n) is 3.75. The molecule has 6 heteroatoms. The van der Waals surface area contributed by atoms with E-state index in [-0.39, 0.29) is 0 Å². The molecule has 2 aromatic rings. The van der Waals surface area contributed by atoms with Gasteiger partial charge >= 0.3 is 0 Å². The molecule has 2 heterocycles. The minimum absolute atomic E-state index is 0.343. The Morgan fingerprint density at radius 3 is 2.78 bits per heavy atom. The zero-order chi connectivity index (χ0) is 12.8. The van der Waals surface area contributed by atoms with E-state index in [0.717, 1.165) is 27.9 Å². The Bertz CT molecular complexity index is 455. The lowest BCUT2D eigenvalue weighted by molar-refractivity contribution is 0.524. The SMILES string of the molecule is CCNC(CC)c1ccc(Sc2ncns2)cn1. The van der Waals surface area contributed by atoms with E-state index >= 15 is 0 Å². The van der Waals surface area contributed by atoms with Crippen LogP contribution in [-0.2, 0) is 0 Å². The normalized spacial score (nSPS) is 12.6. The van der Waals surface area contributed by atoms with Crippen molar-refractivity contribution in [1.29, 1.82) is 0 Å². The highest BCUT2D eigenvalue weighted by atomic mass is 32.2. The molecule has 1 atom stereocenters. The second kappa shape index (κ2) is 6.82. The number of rotatable bonds is 6. The van der Waals surface area contributed by atoms with E-state index in [0.29, 0.717) is 6.04 Å². The molecule has 0 aliphatic rings. The summed E-state index contributed by atoms with van der Waals surface area (Å²) in [6.45, 7) is 5.24. The van der Waals surface area contributed by atoms with Gasteiger partial charge in [-0.25, -0.2) is 4.98 Å². The average molecular weight is 280 g/mol. The summed E-state index contributed by atoms with van der Waals surface area (Å²) in [6, 6.07) is 4.52. The predicted molar refractivity (Wildman–Crippen MR) is 75.0 cm³/mol. The van der Waals surface area contributed by atoms with Gasteiger partial charge in [-0.3, -0.25) is 4.98 Å². The molecule has 0 aliphatic heterocycles. The van der Waals surface area contributed by atoms with Gasteiger partial charge < -0.3 is 5.32 Å². The van der Waals surface area contributed by atoms with Crippen LogP contribution < -0.4 is 5.32 Å². The Hall–Kier alpha value is -0.980. The first-order chi connectivity index (χ1) is 8.83. The lowest BCUT2D eigenvalue weighted by Crippen LogP contribution is -2.20. The van der Waals surface area contributed by atoms with Gasteiger partial charge in [0.1, 0.15) is 6.33 Å². The van der Waals surface area contributed by atoms with Crippen LogP contribution in [0, 0.1) is 0 Å². The van der Waals surface area contributed by atoms with Crippen molar-refractivity contribution in [2.24, 2.45) is 0 Å². The van der Waals surface area contributed by atoms with Crippen molar-refractivity contribution in [2.75, 3.05) is 6.54 Å². The smallest absolute Gasteiger partial charge is 0.174 e. The summed E-state index contributed by atoms with van der Waals surface area (Å²) in [6.07, 6.45) is 4.53. The number of hydrogen-bond acceptors (Lipinski definition) is 6. The van der Waals surface area contributed by atoms with Crippen molar-refractivity contribution in [3.05, 3.63) is 30.4 Å². The quantitative estimate of drug-likeness (QED) is 0.881. The molecule has 0 amide bonds. The van der Waals surface area contributed by atoms with Gasteiger partial charge in [0.15, 0.2) is 4.34 Å². The van der Waals surface area contributed by atoms with E-state index < -0.39 is 0 Å². The second-order valence-corrected chi connectivity index (χ2v) is 5.85. The number of pyridine rings is 1. The molecule has 0 saturated carbocycles. The molecule has 0 fully saturated rings. The van der Waals surface area contributed by atoms with Crippen LogP contribution in [0.4, 0.5) is 0 Å². The topological polar surface area (TPSA) is 50.7 Å². The molecule has 0 radical (unpaired) electrons. The monoisotopic (exact) mass is 280 g/mol. The van der Waals surface area contributed by atoms with Gasteiger partial charge in [-0.05, 0) is 36.6 Å². The summed E-state index contributed by atoms with van der Waals surface area (Å²) in [5.74, 6) is 0. The number of nitrogens with zero attached hydrogens (tertiary/aromatic N) is 3. The fourth-order valence-electron chi connectivity index (χ4n) is 1.67. The van der Waals surface area contributed by atoms with Crippen LogP contribution in [0.2, 0.25) is 0 Å². The molecule has 0 bridgehead atoms. The van der Waals surface area contributed by atoms with Crippen molar-refractivity contribution >= 4 is 23.3 Å². The van der Waals surface area contributed by atoms with E-state index in [4.69, 9.17) is 0 Å². The Morgan fingerprint density at radius 2 is 2.22 bits per heavy atom. The third-order valence-corrected chi connectivity index (χ3v) is 4.21. The van der Waals surface area contributed by atoms with Crippen LogP contribution >= 0.6 is 23.3 Å². The third kappa shape index (κ3) is 3.51. The van der Waals surface area contributed by atoms with Crippen LogP contribution in [0.1, 0.15) is 32.0 Å². The highest BCUT2D eigenvalue weighted by Crippen LogP contribution is 2.28. The Morgan fingerprint density at radius 1 is 1.33 bits per heavy atom. The molecular weight excluding hydrogens is 264 g/mol. The number of nitrogens with one attached hydrogen (secondary N) is 1. The predicted octanol–water partition coefficient (Wildman–Crippen LogP) is 3.14. The molecule has 0 aromatic carbocycles. The number of hydrogen-bond donors (Lipinski definition) is 1. The Balaban J connectivity index is 2.04. The molecule has 4 nitrogen and oxygen atoms in total. The molecule has 1 N–H and O–H groups in total. The van der Waals surface area contributed by atoms with Gasteiger partial charge in [0.05, 0.1) is 5.69 Å². The molecule has 18 heavy (non-hydrogen) atoms. The van der Waals surface area contributed by atoms with E-state index in [9.17, 15) is 0 Å². The maximum absolute atomic E-state index is 4.52. The zero-order valence-corrected chi connectivity index (χ0v) is 12.1. The van der Waals surface area contributed by atoms with Crippen molar-refractivity contribution in [3.8, 4) is 0 Å². The largest absolute Gasteiger partial charge is 0.309 e. The van der Waals surface area contributed by atoms with E-state index in [1.165, 1.54) is 11.5 Å². The summed E-state index contributed by atoms with van der Waals surface area (Å²) < 4.78 is 4.93. The minimum atomic E-state index is 0.343. The molecule has 2 aromatic heterocycles. The summed E-state index contributed by atoms with van der Waals surface area (Å²) in [7, 11) is 0. The highest BCUT2D eigenvalue weighted by molar-refractivity contribution is 8.01. The van der Waals surface area contributed by atoms with Gasteiger partial charge in [0.2, 0.25) is 0 Å². The van der Waals surface area contributed by atoms with Crippen molar-refractivity contribution in [1.82, 2.24) is 19.7 Å². The van der Waals surface area contributed by atoms with Crippen LogP contribution in [0.15, 0.2) is 33.9 Å². The number of aromatic nitrogens is 3. The molecule has 2 rings (SSSR count). The minimum Gasteiger partial charge on any atom is -0.309 e. The van der Waals surface area contributed by atoms with Gasteiger partial charge in [0, 0.05) is 17.1 Å². The van der Waals surface area contributed by atoms with E-state index in [1.807, 2.05) is 6.20 Å². The van der Waals surface area contributed by atoms with Crippen molar-refractivity contribution in [2.45, 2.75) is 35.5 Å². The van der Waals surface area contributed by atoms with E-state index in [1.54, 1.807) is 18.1 Å². The molecule has 1 unspecified atom stereocenters. The molecule has 0 aliphatic carbocycles. The lowest BCUT2D eigenvalue weighted by atomic mass is 10.1. The van der Waals surface area contributed by atoms with E-state index in [2.05, 4.69) is 45.6 Å². The zero-order valence-electron chi connectivity index (χ0n) is 10.5. The van der Waals surface area contributed by atoms with Crippen molar-refractivity contribution in [3.63, 3.8) is 0 Å². The first kappa shape index (κ1) is 13.5. The summed E-state index contributed by atoms with van der Waals surface area (Å²) in [5, 5.41) is 3.42. The van der Waals surface area contributed by atoms with Gasteiger partial charge in [-0.2, -0.15) is 4.37 Å². The van der Waals surface area contributed by atoms with Crippen LogP contribution in [0.25, 0.3) is 0 Å². The maximum atomic E-state index is 4.52. The van der Waals surface area contributed by atoms with Crippen LogP contribution in [0.5, 0.6) is 0 Å². The van der Waals surface area contributed by atoms with Crippen molar-refractivity contribution < 1.29 is 0 Å². The summed E-state index contributed by atoms with van der Waals surface area (Å²) >= 11 is 3.00. The fourth-order valence-corrected chi connectivity index (χ4v) is 3.06. The van der Waals surface area contributed by atoms with Gasteiger partial charge in [-0.1, -0.05) is 25.6 Å². The summed E-state index contributed by atoms with van der Waals surface area (Å²) in [4.78, 5) is 9.77. The van der Waals surface area contributed by atoms with Crippen LogP contribution in [0.3, 0.4) is 0 Å². The fraction of sp³-hybridized carbons (Fsp3) is 0.417. The average Bonchev–Trinajstić information content (AvgIpc) is 2.90.